The molecule has 11 heteroatoms. The molecule has 1 saturated heterocycles. The van der Waals surface area contributed by atoms with Gasteiger partial charge in [-0.2, -0.15) is 5.26 Å². The summed E-state index contributed by atoms with van der Waals surface area (Å²) in [4.78, 5) is 11.9. The SMILES string of the molecule is COc1cc(/C=C/C(=O)O/C(C#N)=C/CO[C@@H]2O[C@H](CO)[C@@H](O)[C@H](O)[C@H]2O)ccc1O. The van der Waals surface area contributed by atoms with Gasteiger partial charge in [0.2, 0.25) is 5.76 Å². The van der Waals surface area contributed by atoms with Crippen LogP contribution in [-0.4, -0.2) is 82.5 Å². The number of phenolic OH excluding ortho intramolecular Hbond substituents is 1. The fourth-order valence-electron chi connectivity index (χ4n) is 2.64. The van der Waals surface area contributed by atoms with Gasteiger partial charge in [-0.15, -0.1) is 0 Å². The van der Waals surface area contributed by atoms with Crippen molar-refractivity contribution in [1.29, 1.82) is 5.26 Å². The lowest BCUT2D eigenvalue weighted by atomic mass is 9.99. The highest BCUT2D eigenvalue weighted by Gasteiger charge is 2.43. The van der Waals surface area contributed by atoms with Crippen molar-refractivity contribution in [3.8, 4) is 17.6 Å². The van der Waals surface area contributed by atoms with Gasteiger partial charge in [-0.1, -0.05) is 6.07 Å². The zero-order valence-corrected chi connectivity index (χ0v) is 16.5. The minimum absolute atomic E-state index is 0.0590. The Morgan fingerprint density at radius 1 is 1.26 bits per heavy atom. The van der Waals surface area contributed by atoms with Crippen LogP contribution in [0.3, 0.4) is 0 Å². The molecule has 168 valence electrons. The number of benzene rings is 1. The molecule has 1 fully saturated rings. The van der Waals surface area contributed by atoms with Crippen LogP contribution in [0.4, 0.5) is 0 Å². The number of carbonyl (C=O) groups is 1. The van der Waals surface area contributed by atoms with Crippen LogP contribution < -0.4 is 4.74 Å². The lowest BCUT2D eigenvalue weighted by Crippen LogP contribution is -2.59. The molecular formula is C20H23NO10. The molecule has 0 radical (unpaired) electrons. The highest BCUT2D eigenvalue weighted by Crippen LogP contribution is 2.26. The lowest BCUT2D eigenvalue weighted by Gasteiger charge is -2.39. The number of nitriles is 1. The average molecular weight is 437 g/mol. The number of aliphatic hydroxyl groups is 4. The number of carbonyl (C=O) groups excluding carboxylic acids is 1. The molecule has 0 bridgehead atoms. The topological polar surface area (TPSA) is 179 Å². The molecule has 1 aliphatic rings. The van der Waals surface area contributed by atoms with Crippen molar-refractivity contribution in [2.24, 2.45) is 0 Å². The number of rotatable bonds is 8. The van der Waals surface area contributed by atoms with Crippen LogP contribution in [0.15, 0.2) is 36.1 Å². The van der Waals surface area contributed by atoms with Crippen LogP contribution in [-0.2, 0) is 19.0 Å². The van der Waals surface area contributed by atoms with E-state index >= 15 is 0 Å². The van der Waals surface area contributed by atoms with Gasteiger partial charge in [0.25, 0.3) is 0 Å². The fourth-order valence-corrected chi connectivity index (χ4v) is 2.64. The minimum Gasteiger partial charge on any atom is -0.504 e. The van der Waals surface area contributed by atoms with Gasteiger partial charge >= 0.3 is 5.97 Å². The molecule has 0 aromatic heterocycles. The van der Waals surface area contributed by atoms with E-state index < -0.39 is 43.3 Å². The molecule has 1 aliphatic heterocycles. The van der Waals surface area contributed by atoms with Gasteiger partial charge in [-0.05, 0) is 29.8 Å². The minimum atomic E-state index is -1.60. The first kappa shape index (κ1) is 24.3. The lowest BCUT2D eigenvalue weighted by molar-refractivity contribution is -0.298. The second kappa shape index (κ2) is 11.4. The zero-order chi connectivity index (χ0) is 23.0. The number of hydrogen-bond donors (Lipinski definition) is 5. The zero-order valence-electron chi connectivity index (χ0n) is 16.5. The van der Waals surface area contributed by atoms with Crippen LogP contribution >= 0.6 is 0 Å². The normalized spacial score (nSPS) is 26.5. The maximum absolute atomic E-state index is 11.9. The van der Waals surface area contributed by atoms with Crippen molar-refractivity contribution in [3.63, 3.8) is 0 Å². The number of hydrogen-bond acceptors (Lipinski definition) is 11. The summed E-state index contributed by atoms with van der Waals surface area (Å²) in [5.74, 6) is -1.08. The summed E-state index contributed by atoms with van der Waals surface area (Å²) < 4.78 is 20.2. The quantitative estimate of drug-likeness (QED) is 0.148. The molecule has 0 spiro atoms. The molecule has 0 amide bonds. The number of nitrogens with zero attached hydrogens (tertiary/aromatic N) is 1. The Morgan fingerprint density at radius 2 is 2.00 bits per heavy atom. The first-order valence-electron chi connectivity index (χ1n) is 9.10. The van der Waals surface area contributed by atoms with Crippen LogP contribution in [0.1, 0.15) is 5.56 Å². The Morgan fingerprint density at radius 3 is 2.65 bits per heavy atom. The molecule has 11 nitrogen and oxygen atoms in total. The molecule has 0 unspecified atom stereocenters. The summed E-state index contributed by atoms with van der Waals surface area (Å²) in [5, 5.41) is 57.1. The Kier molecular flexibility index (Phi) is 8.95. The van der Waals surface area contributed by atoms with Gasteiger partial charge in [-0.3, -0.25) is 0 Å². The molecule has 1 aromatic rings. The fraction of sp³-hybridized carbons (Fsp3) is 0.400. The standard InChI is InChI=1S/C20H23NO10/c1-28-14-8-11(2-4-13(14)23)3-5-16(24)30-12(9-21)6-7-29-20-19(27)18(26)17(25)15(10-22)31-20/h2-6,8,15,17-20,22-23,25-27H,7,10H2,1H3/b5-3+,12-6+/t15-,17-,18+,19-,20-/m1/s1. The van der Waals surface area contributed by atoms with E-state index in [9.17, 15) is 25.2 Å². The molecule has 31 heavy (non-hydrogen) atoms. The number of ether oxygens (including phenoxy) is 4. The maximum atomic E-state index is 11.9. The monoisotopic (exact) mass is 437 g/mol. The molecule has 1 aromatic carbocycles. The van der Waals surface area contributed by atoms with Gasteiger partial charge in [-0.25, -0.2) is 4.79 Å². The number of phenols is 1. The van der Waals surface area contributed by atoms with Crippen molar-refractivity contribution in [2.45, 2.75) is 30.7 Å². The van der Waals surface area contributed by atoms with Crippen molar-refractivity contribution in [3.05, 3.63) is 41.7 Å². The van der Waals surface area contributed by atoms with E-state index in [1.165, 1.54) is 31.4 Å². The van der Waals surface area contributed by atoms with Crippen molar-refractivity contribution < 1.29 is 49.3 Å². The summed E-state index contributed by atoms with van der Waals surface area (Å²) in [5.41, 5.74) is 0.542. The van der Waals surface area contributed by atoms with E-state index in [0.717, 1.165) is 12.2 Å². The van der Waals surface area contributed by atoms with Crippen LogP contribution in [0.5, 0.6) is 11.5 Å². The van der Waals surface area contributed by atoms with Gasteiger partial charge in [0.1, 0.15) is 30.5 Å². The van der Waals surface area contributed by atoms with E-state index in [1.807, 2.05) is 0 Å². The molecule has 0 aliphatic carbocycles. The highest BCUT2D eigenvalue weighted by atomic mass is 16.7. The van der Waals surface area contributed by atoms with Crippen molar-refractivity contribution in [2.75, 3.05) is 20.3 Å². The third-order valence-electron chi connectivity index (χ3n) is 4.31. The van der Waals surface area contributed by atoms with E-state index in [2.05, 4.69) is 0 Å². The smallest absolute Gasteiger partial charge is 0.336 e. The Balaban J connectivity index is 1.92. The molecule has 0 saturated carbocycles. The highest BCUT2D eigenvalue weighted by molar-refractivity contribution is 5.88. The van der Waals surface area contributed by atoms with E-state index in [-0.39, 0.29) is 23.9 Å². The van der Waals surface area contributed by atoms with E-state index in [0.29, 0.717) is 5.56 Å². The molecule has 5 N–H and O–H groups in total. The van der Waals surface area contributed by atoms with Crippen LogP contribution in [0.25, 0.3) is 6.08 Å². The number of aliphatic hydroxyl groups excluding tert-OH is 4. The number of aromatic hydroxyl groups is 1. The van der Waals surface area contributed by atoms with E-state index in [1.54, 1.807) is 6.07 Å². The predicted molar refractivity (Wildman–Crippen MR) is 103 cm³/mol. The van der Waals surface area contributed by atoms with E-state index in [4.69, 9.17) is 29.3 Å². The molecule has 1 heterocycles. The maximum Gasteiger partial charge on any atom is 0.336 e. The van der Waals surface area contributed by atoms with Gasteiger partial charge in [0, 0.05) is 6.08 Å². The molecule has 2 rings (SSSR count). The Labute approximate surface area is 177 Å². The van der Waals surface area contributed by atoms with Gasteiger partial charge in [0.15, 0.2) is 17.8 Å². The summed E-state index contributed by atoms with van der Waals surface area (Å²) in [6.07, 6.45) is -3.67. The summed E-state index contributed by atoms with van der Waals surface area (Å²) in [6, 6.07) is 6.08. The second-order valence-corrected chi connectivity index (χ2v) is 6.40. The largest absolute Gasteiger partial charge is 0.504 e. The molecule has 5 atom stereocenters. The summed E-state index contributed by atoms with van der Waals surface area (Å²) >= 11 is 0. The van der Waals surface area contributed by atoms with Crippen LogP contribution in [0.2, 0.25) is 0 Å². The number of esters is 1. The second-order valence-electron chi connectivity index (χ2n) is 6.40. The van der Waals surface area contributed by atoms with Crippen molar-refractivity contribution >= 4 is 12.0 Å². The number of allylic oxidation sites excluding steroid dienone is 1. The Hall–Kier alpha value is -2.98. The Bertz CT molecular complexity index is 860. The third-order valence-corrected chi connectivity index (χ3v) is 4.31. The first-order chi connectivity index (χ1) is 14.8. The first-order valence-corrected chi connectivity index (χ1v) is 9.10. The predicted octanol–water partition coefficient (Wildman–Crippen LogP) is -0.819. The van der Waals surface area contributed by atoms with Gasteiger partial charge < -0.3 is 44.5 Å². The summed E-state index contributed by atoms with van der Waals surface area (Å²) in [6.45, 7) is -0.946. The summed E-state index contributed by atoms with van der Waals surface area (Å²) in [7, 11) is 1.38. The third kappa shape index (κ3) is 6.50. The average Bonchev–Trinajstić information content (AvgIpc) is 2.77. The van der Waals surface area contributed by atoms with Crippen LogP contribution in [0, 0.1) is 11.3 Å². The number of methoxy groups -OCH3 is 1. The molecular weight excluding hydrogens is 414 g/mol. The van der Waals surface area contributed by atoms with Crippen molar-refractivity contribution in [1.82, 2.24) is 0 Å². The van der Waals surface area contributed by atoms with Gasteiger partial charge in [0.05, 0.1) is 20.3 Å².